The van der Waals surface area contributed by atoms with Crippen molar-refractivity contribution in [1.29, 1.82) is 0 Å². The minimum Gasteiger partial charge on any atom is -0.508 e. The Kier molecular flexibility index (Phi) is 2.61. The van der Waals surface area contributed by atoms with Crippen LogP contribution in [-0.4, -0.2) is 16.9 Å². The zero-order valence-electron chi connectivity index (χ0n) is 12.1. The smallest absolute Gasteiger partial charge is 0.238 e. The molecule has 0 radical (unpaired) electrons. The number of carbonyl (C=O) groups is 2. The van der Waals surface area contributed by atoms with Gasteiger partial charge in [-0.3, -0.25) is 14.5 Å². The maximum atomic E-state index is 12.9. The van der Waals surface area contributed by atoms with E-state index in [4.69, 9.17) is 0 Å². The van der Waals surface area contributed by atoms with E-state index in [-0.39, 0.29) is 40.7 Å². The van der Waals surface area contributed by atoms with Crippen molar-refractivity contribution in [2.75, 3.05) is 4.90 Å². The van der Waals surface area contributed by atoms with E-state index in [1.165, 1.54) is 17.0 Å². The number of hydrogen-bond donors (Lipinski definition) is 1. The SMILES string of the molecule is C=CCC12C=CC(C1)C1C(=O)N(c3ccc(O)cc3)C(=O)C12. The van der Waals surface area contributed by atoms with Gasteiger partial charge in [-0.2, -0.15) is 0 Å². The van der Waals surface area contributed by atoms with Crippen LogP contribution in [0, 0.1) is 23.2 Å². The molecule has 4 rings (SSSR count). The van der Waals surface area contributed by atoms with Crippen LogP contribution in [0.25, 0.3) is 0 Å². The lowest BCUT2D eigenvalue weighted by atomic mass is 9.73. The second-order valence-corrected chi connectivity index (χ2v) is 6.48. The van der Waals surface area contributed by atoms with Crippen LogP contribution in [0.15, 0.2) is 49.1 Å². The van der Waals surface area contributed by atoms with Crippen LogP contribution in [0.5, 0.6) is 5.75 Å². The molecule has 112 valence electrons. The number of benzene rings is 1. The Labute approximate surface area is 128 Å². The maximum Gasteiger partial charge on any atom is 0.238 e. The molecule has 0 spiro atoms. The molecule has 4 unspecified atom stereocenters. The van der Waals surface area contributed by atoms with Gasteiger partial charge in [-0.25, -0.2) is 0 Å². The van der Waals surface area contributed by atoms with Crippen molar-refractivity contribution in [1.82, 2.24) is 0 Å². The van der Waals surface area contributed by atoms with E-state index in [0.717, 1.165) is 12.8 Å². The Morgan fingerprint density at radius 1 is 1.27 bits per heavy atom. The summed E-state index contributed by atoms with van der Waals surface area (Å²) >= 11 is 0. The molecule has 1 heterocycles. The number of rotatable bonds is 3. The topological polar surface area (TPSA) is 57.6 Å². The average Bonchev–Trinajstić information content (AvgIpc) is 3.12. The summed E-state index contributed by atoms with van der Waals surface area (Å²) in [7, 11) is 0. The van der Waals surface area contributed by atoms with Crippen molar-refractivity contribution >= 4 is 17.5 Å². The summed E-state index contributed by atoms with van der Waals surface area (Å²) in [6, 6.07) is 6.22. The highest BCUT2D eigenvalue weighted by atomic mass is 16.3. The quantitative estimate of drug-likeness (QED) is 0.689. The molecule has 4 atom stereocenters. The lowest BCUT2D eigenvalue weighted by Gasteiger charge is -2.29. The average molecular weight is 295 g/mol. The number of amides is 2. The van der Waals surface area contributed by atoms with Crippen LogP contribution in [0.3, 0.4) is 0 Å². The summed E-state index contributed by atoms with van der Waals surface area (Å²) in [5.41, 5.74) is 0.297. The van der Waals surface area contributed by atoms with Gasteiger partial charge in [0, 0.05) is 5.41 Å². The normalized spacial score (nSPS) is 35.3. The predicted molar refractivity (Wildman–Crippen MR) is 82.1 cm³/mol. The molecule has 2 fully saturated rings. The van der Waals surface area contributed by atoms with Gasteiger partial charge in [0.15, 0.2) is 0 Å². The van der Waals surface area contributed by atoms with Crippen molar-refractivity contribution in [3.05, 3.63) is 49.1 Å². The highest BCUT2D eigenvalue weighted by Gasteiger charge is 2.65. The van der Waals surface area contributed by atoms with E-state index >= 15 is 0 Å². The van der Waals surface area contributed by atoms with Crippen LogP contribution < -0.4 is 4.90 Å². The van der Waals surface area contributed by atoms with Crippen molar-refractivity contribution in [3.63, 3.8) is 0 Å². The molecule has 2 amide bonds. The molecule has 2 aliphatic carbocycles. The molecule has 1 saturated carbocycles. The third-order valence-corrected chi connectivity index (χ3v) is 5.36. The second kappa shape index (κ2) is 4.32. The first-order chi connectivity index (χ1) is 10.6. The maximum absolute atomic E-state index is 12.9. The van der Waals surface area contributed by atoms with Gasteiger partial charge in [-0.05, 0) is 43.0 Å². The standard InChI is InChI=1S/C18H17NO3/c1-2-8-18-9-7-11(10-18)14-15(18)17(22)19(16(14)21)12-3-5-13(20)6-4-12/h2-7,9,11,14-15,20H,1,8,10H2. The summed E-state index contributed by atoms with van der Waals surface area (Å²) in [5, 5.41) is 9.39. The number of nitrogens with zero attached hydrogens (tertiary/aromatic N) is 1. The van der Waals surface area contributed by atoms with Crippen LogP contribution in [-0.2, 0) is 9.59 Å². The first kappa shape index (κ1) is 13.3. The molecule has 1 aromatic rings. The summed E-state index contributed by atoms with van der Waals surface area (Å²) in [6.07, 6.45) is 7.65. The Morgan fingerprint density at radius 3 is 2.68 bits per heavy atom. The zero-order valence-corrected chi connectivity index (χ0v) is 12.1. The number of anilines is 1. The number of carbonyl (C=O) groups excluding carboxylic acids is 2. The minimum absolute atomic E-state index is 0.110. The molecule has 1 aromatic carbocycles. The summed E-state index contributed by atoms with van der Waals surface area (Å²) in [6.45, 7) is 3.81. The summed E-state index contributed by atoms with van der Waals surface area (Å²) in [4.78, 5) is 27.0. The lowest BCUT2D eigenvalue weighted by Crippen LogP contribution is -2.35. The third kappa shape index (κ3) is 1.52. The fraction of sp³-hybridized carbons (Fsp3) is 0.333. The Hall–Kier alpha value is -2.36. The number of phenolic OH excluding ortho intramolecular Hbond substituents is 1. The third-order valence-electron chi connectivity index (χ3n) is 5.36. The first-order valence-corrected chi connectivity index (χ1v) is 7.54. The predicted octanol–water partition coefficient (Wildman–Crippen LogP) is 2.65. The van der Waals surface area contributed by atoms with E-state index < -0.39 is 0 Å². The molecular formula is C18H17NO3. The van der Waals surface area contributed by atoms with Gasteiger partial charge < -0.3 is 5.11 Å². The fourth-order valence-electron chi connectivity index (χ4n) is 4.50. The molecule has 1 aliphatic heterocycles. The van der Waals surface area contributed by atoms with E-state index in [1.54, 1.807) is 12.1 Å². The Bertz CT molecular complexity index is 706. The molecule has 22 heavy (non-hydrogen) atoms. The number of hydrogen-bond acceptors (Lipinski definition) is 3. The highest BCUT2D eigenvalue weighted by molar-refractivity contribution is 6.23. The Morgan fingerprint density at radius 2 is 2.00 bits per heavy atom. The van der Waals surface area contributed by atoms with Gasteiger partial charge in [-0.1, -0.05) is 18.2 Å². The zero-order chi connectivity index (χ0) is 15.5. The van der Waals surface area contributed by atoms with Crippen molar-refractivity contribution in [2.24, 2.45) is 23.2 Å². The molecule has 4 heteroatoms. The van der Waals surface area contributed by atoms with E-state index in [9.17, 15) is 14.7 Å². The molecule has 1 saturated heterocycles. The first-order valence-electron chi connectivity index (χ1n) is 7.54. The molecule has 1 N–H and O–H groups in total. The highest BCUT2D eigenvalue weighted by Crippen LogP contribution is 2.62. The van der Waals surface area contributed by atoms with Gasteiger partial charge in [-0.15, -0.1) is 6.58 Å². The van der Waals surface area contributed by atoms with E-state index in [0.29, 0.717) is 5.69 Å². The van der Waals surface area contributed by atoms with E-state index in [1.807, 2.05) is 6.08 Å². The van der Waals surface area contributed by atoms with Crippen LogP contribution in [0.2, 0.25) is 0 Å². The summed E-state index contributed by atoms with van der Waals surface area (Å²) in [5.74, 6) is -0.472. The summed E-state index contributed by atoms with van der Waals surface area (Å²) < 4.78 is 0. The molecule has 3 aliphatic rings. The fourth-order valence-corrected chi connectivity index (χ4v) is 4.50. The van der Waals surface area contributed by atoms with Gasteiger partial charge in [0.05, 0.1) is 17.5 Å². The molecule has 0 aromatic heterocycles. The van der Waals surface area contributed by atoms with Crippen LogP contribution in [0.1, 0.15) is 12.8 Å². The second-order valence-electron chi connectivity index (χ2n) is 6.48. The Balaban J connectivity index is 1.75. The van der Waals surface area contributed by atoms with Crippen LogP contribution >= 0.6 is 0 Å². The molecule has 2 bridgehead atoms. The van der Waals surface area contributed by atoms with Crippen LogP contribution in [0.4, 0.5) is 5.69 Å². The van der Waals surface area contributed by atoms with Gasteiger partial charge in [0.2, 0.25) is 11.8 Å². The van der Waals surface area contributed by atoms with Gasteiger partial charge in [0.1, 0.15) is 5.75 Å². The minimum atomic E-state index is -0.276. The molecular weight excluding hydrogens is 278 g/mol. The monoisotopic (exact) mass is 295 g/mol. The van der Waals surface area contributed by atoms with Crippen molar-refractivity contribution < 1.29 is 14.7 Å². The van der Waals surface area contributed by atoms with Crippen molar-refractivity contribution in [2.45, 2.75) is 12.8 Å². The number of fused-ring (bicyclic) bond motifs is 5. The lowest BCUT2D eigenvalue weighted by molar-refractivity contribution is -0.123. The number of phenols is 1. The number of aromatic hydroxyl groups is 1. The van der Waals surface area contributed by atoms with Gasteiger partial charge in [0.25, 0.3) is 0 Å². The number of imide groups is 1. The molecule has 4 nitrogen and oxygen atoms in total. The van der Waals surface area contributed by atoms with E-state index in [2.05, 4.69) is 18.7 Å². The van der Waals surface area contributed by atoms with Crippen molar-refractivity contribution in [3.8, 4) is 5.75 Å². The van der Waals surface area contributed by atoms with Gasteiger partial charge >= 0.3 is 0 Å². The number of allylic oxidation sites excluding steroid dienone is 3. The largest absolute Gasteiger partial charge is 0.508 e.